The van der Waals surface area contributed by atoms with Crippen LogP contribution in [0.2, 0.25) is 5.02 Å². The largest absolute Gasteiger partial charge is 0.497 e. The van der Waals surface area contributed by atoms with Crippen LogP contribution in [0.1, 0.15) is 32.3 Å². The molecule has 3 aromatic rings. The predicted molar refractivity (Wildman–Crippen MR) is 153 cm³/mol. The van der Waals surface area contributed by atoms with Crippen molar-refractivity contribution in [3.05, 3.63) is 89.2 Å². The van der Waals surface area contributed by atoms with Gasteiger partial charge in [-0.3, -0.25) is 13.9 Å². The number of ether oxygens (including phenoxy) is 1. The number of unbranched alkanes of at least 4 members (excludes halogenated alkanes) is 1. The molecule has 0 aliphatic rings. The maximum absolute atomic E-state index is 14.0. The summed E-state index contributed by atoms with van der Waals surface area (Å²) in [7, 11) is -2.76. The lowest BCUT2D eigenvalue weighted by molar-refractivity contribution is -0.139. The third-order valence-corrected chi connectivity index (χ3v) is 8.36. The summed E-state index contributed by atoms with van der Waals surface area (Å²) in [5.74, 6) is -1.17. The van der Waals surface area contributed by atoms with E-state index in [4.69, 9.17) is 16.3 Å². The highest BCUT2D eigenvalue weighted by molar-refractivity contribution is 7.92. The highest BCUT2D eigenvalue weighted by Gasteiger charge is 2.32. The molecule has 0 aromatic heterocycles. The molecule has 0 spiro atoms. The van der Waals surface area contributed by atoms with Crippen molar-refractivity contribution in [2.45, 2.75) is 44.2 Å². The zero-order valence-corrected chi connectivity index (χ0v) is 24.2. The Bertz CT molecular complexity index is 1420. The van der Waals surface area contributed by atoms with Gasteiger partial charge in [-0.05, 0) is 61.4 Å². The average Bonchev–Trinajstić information content (AvgIpc) is 2.96. The number of anilines is 1. The first-order chi connectivity index (χ1) is 19.1. The fourth-order valence-electron chi connectivity index (χ4n) is 3.97. The highest BCUT2D eigenvalue weighted by atomic mass is 35.5. The van der Waals surface area contributed by atoms with Crippen molar-refractivity contribution in [3.63, 3.8) is 0 Å². The summed E-state index contributed by atoms with van der Waals surface area (Å²) in [6.45, 7) is 3.39. The number of halogens is 2. The molecule has 0 heterocycles. The Morgan fingerprint density at radius 1 is 1.05 bits per heavy atom. The van der Waals surface area contributed by atoms with Crippen LogP contribution in [0.5, 0.6) is 5.75 Å². The van der Waals surface area contributed by atoms with Crippen LogP contribution in [0.3, 0.4) is 0 Å². The molecule has 3 aromatic carbocycles. The van der Waals surface area contributed by atoms with Crippen LogP contribution in [0, 0.1) is 5.82 Å². The lowest BCUT2D eigenvalue weighted by Crippen LogP contribution is -2.51. The van der Waals surface area contributed by atoms with Gasteiger partial charge in [0.2, 0.25) is 11.8 Å². The minimum atomic E-state index is -4.28. The zero-order valence-electron chi connectivity index (χ0n) is 22.6. The summed E-state index contributed by atoms with van der Waals surface area (Å²) >= 11 is 5.98. The van der Waals surface area contributed by atoms with Gasteiger partial charge >= 0.3 is 0 Å². The van der Waals surface area contributed by atoms with Crippen molar-refractivity contribution in [2.75, 3.05) is 24.5 Å². The summed E-state index contributed by atoms with van der Waals surface area (Å²) in [6.07, 6.45) is 1.66. The van der Waals surface area contributed by atoms with Crippen LogP contribution in [-0.2, 0) is 26.2 Å². The normalized spacial score (nSPS) is 11.9. The monoisotopic (exact) mass is 589 g/mol. The molecule has 0 saturated carbocycles. The van der Waals surface area contributed by atoms with Gasteiger partial charge in [-0.25, -0.2) is 12.8 Å². The van der Waals surface area contributed by atoms with Crippen molar-refractivity contribution < 1.29 is 27.1 Å². The van der Waals surface area contributed by atoms with Crippen LogP contribution in [0.4, 0.5) is 10.1 Å². The number of nitrogens with zero attached hydrogens (tertiary/aromatic N) is 2. The molecule has 0 aliphatic carbocycles. The van der Waals surface area contributed by atoms with E-state index in [2.05, 4.69) is 5.32 Å². The summed E-state index contributed by atoms with van der Waals surface area (Å²) in [6, 6.07) is 17.1. The van der Waals surface area contributed by atoms with Crippen LogP contribution < -0.4 is 14.4 Å². The number of carbonyl (C=O) groups is 2. The van der Waals surface area contributed by atoms with Crippen molar-refractivity contribution in [2.24, 2.45) is 0 Å². The van der Waals surface area contributed by atoms with E-state index in [0.717, 1.165) is 29.3 Å². The van der Waals surface area contributed by atoms with E-state index in [-0.39, 0.29) is 28.1 Å². The maximum Gasteiger partial charge on any atom is 0.264 e. The Labute approximate surface area is 239 Å². The predicted octanol–water partition coefficient (Wildman–Crippen LogP) is 5.02. The fraction of sp³-hybridized carbons (Fsp3) is 0.310. The topological polar surface area (TPSA) is 96.0 Å². The molecule has 0 bridgehead atoms. The van der Waals surface area contributed by atoms with Gasteiger partial charge in [-0.1, -0.05) is 55.3 Å². The van der Waals surface area contributed by atoms with Crippen LogP contribution in [0.15, 0.2) is 77.7 Å². The number of nitrogens with one attached hydrogen (secondary N) is 1. The third kappa shape index (κ3) is 7.73. The van der Waals surface area contributed by atoms with E-state index in [0.29, 0.717) is 17.9 Å². The van der Waals surface area contributed by atoms with Gasteiger partial charge in [0, 0.05) is 13.1 Å². The SMILES string of the molecule is CCCCNC(=O)[C@H](C)N(Cc1cccc(OC)c1)C(=O)CN(c1ccc(F)c(Cl)c1)S(=O)(=O)c1ccccc1. The van der Waals surface area contributed by atoms with Gasteiger partial charge in [0.05, 0.1) is 22.7 Å². The van der Waals surface area contributed by atoms with E-state index in [1.807, 2.05) is 6.92 Å². The Balaban J connectivity index is 2.02. The van der Waals surface area contributed by atoms with E-state index in [1.54, 1.807) is 49.4 Å². The van der Waals surface area contributed by atoms with Crippen molar-refractivity contribution in [3.8, 4) is 5.75 Å². The molecule has 3 rings (SSSR count). The first-order valence-electron chi connectivity index (χ1n) is 12.8. The fourth-order valence-corrected chi connectivity index (χ4v) is 5.58. The van der Waals surface area contributed by atoms with Gasteiger partial charge < -0.3 is 15.0 Å². The van der Waals surface area contributed by atoms with Crippen LogP contribution in [0.25, 0.3) is 0 Å². The minimum absolute atomic E-state index is 0.00461. The Morgan fingerprint density at radius 2 is 1.77 bits per heavy atom. The number of sulfonamides is 1. The van der Waals surface area contributed by atoms with E-state index in [1.165, 1.54) is 30.2 Å². The molecule has 0 radical (unpaired) electrons. The maximum atomic E-state index is 14.0. The Hall–Kier alpha value is -3.63. The Kier molecular flexibility index (Phi) is 10.9. The molecule has 214 valence electrons. The second-order valence-corrected chi connectivity index (χ2v) is 11.4. The van der Waals surface area contributed by atoms with Gasteiger partial charge in [-0.15, -0.1) is 0 Å². The first kappa shape index (κ1) is 30.9. The molecule has 0 unspecified atom stereocenters. The van der Waals surface area contributed by atoms with Crippen LogP contribution in [-0.4, -0.2) is 51.4 Å². The summed E-state index contributed by atoms with van der Waals surface area (Å²) in [5.41, 5.74) is 0.688. The number of hydrogen-bond donors (Lipinski definition) is 1. The molecule has 0 saturated heterocycles. The first-order valence-corrected chi connectivity index (χ1v) is 14.6. The van der Waals surface area contributed by atoms with Gasteiger partial charge in [-0.2, -0.15) is 0 Å². The van der Waals surface area contributed by atoms with Gasteiger partial charge in [0.25, 0.3) is 10.0 Å². The van der Waals surface area contributed by atoms with E-state index < -0.39 is 34.3 Å². The quantitative estimate of drug-likeness (QED) is 0.283. The number of carbonyl (C=O) groups excluding carboxylic acids is 2. The molecule has 11 heteroatoms. The zero-order chi connectivity index (χ0) is 29.3. The molecule has 8 nitrogen and oxygen atoms in total. The third-order valence-electron chi connectivity index (χ3n) is 6.29. The second kappa shape index (κ2) is 14.1. The van der Waals surface area contributed by atoms with E-state index >= 15 is 0 Å². The molecule has 0 fully saturated rings. The summed E-state index contributed by atoms with van der Waals surface area (Å²) in [4.78, 5) is 28.2. The summed E-state index contributed by atoms with van der Waals surface area (Å²) < 4.78 is 47.6. The highest BCUT2D eigenvalue weighted by Crippen LogP contribution is 2.28. The van der Waals surface area contributed by atoms with Crippen molar-refractivity contribution >= 4 is 39.1 Å². The van der Waals surface area contributed by atoms with Crippen LogP contribution >= 0.6 is 11.6 Å². The van der Waals surface area contributed by atoms with Crippen molar-refractivity contribution in [1.29, 1.82) is 0 Å². The molecule has 40 heavy (non-hydrogen) atoms. The lowest BCUT2D eigenvalue weighted by Gasteiger charge is -2.32. The molecule has 1 atom stereocenters. The van der Waals surface area contributed by atoms with Gasteiger partial charge in [0.1, 0.15) is 24.2 Å². The number of hydrogen-bond acceptors (Lipinski definition) is 5. The molecule has 2 amide bonds. The number of benzene rings is 3. The second-order valence-electron chi connectivity index (χ2n) is 9.12. The summed E-state index contributed by atoms with van der Waals surface area (Å²) in [5, 5.41) is 2.54. The lowest BCUT2D eigenvalue weighted by atomic mass is 10.1. The molecular weight excluding hydrogens is 557 g/mol. The standard InChI is InChI=1S/C29H33ClFN3O5S/c1-4-5-16-32-29(36)21(2)33(19-22-10-9-11-24(17-22)39-3)28(35)20-34(23-14-15-27(31)26(30)18-23)40(37,38)25-12-7-6-8-13-25/h6-15,17-18,21H,4-5,16,19-20H2,1-3H3,(H,32,36)/t21-/m0/s1. The average molecular weight is 590 g/mol. The van der Waals surface area contributed by atoms with Crippen molar-refractivity contribution in [1.82, 2.24) is 10.2 Å². The molecular formula is C29H33ClFN3O5S. The molecule has 0 aliphatic heterocycles. The van der Waals surface area contributed by atoms with Gasteiger partial charge in [0.15, 0.2) is 0 Å². The minimum Gasteiger partial charge on any atom is -0.497 e. The number of amides is 2. The number of methoxy groups -OCH3 is 1. The number of rotatable bonds is 13. The molecule has 1 N–H and O–H groups in total. The van der Waals surface area contributed by atoms with E-state index in [9.17, 15) is 22.4 Å². The smallest absolute Gasteiger partial charge is 0.264 e. The Morgan fingerprint density at radius 3 is 2.42 bits per heavy atom.